The molecule has 1 amide bonds. The van der Waals surface area contributed by atoms with Crippen molar-refractivity contribution in [2.75, 3.05) is 18.5 Å². The number of fused-ring (bicyclic) bond motifs is 1. The van der Waals surface area contributed by atoms with E-state index >= 15 is 0 Å². The van der Waals surface area contributed by atoms with Gasteiger partial charge in [0.25, 0.3) is 5.91 Å². The lowest BCUT2D eigenvalue weighted by atomic mass is 10.1. The predicted molar refractivity (Wildman–Crippen MR) is 111 cm³/mol. The van der Waals surface area contributed by atoms with Gasteiger partial charge in [-0.3, -0.25) is 9.63 Å². The fourth-order valence-electron chi connectivity index (χ4n) is 2.44. The molecule has 150 valence electrons. The molecule has 0 atom stereocenters. The van der Waals surface area contributed by atoms with Gasteiger partial charge in [-0.25, -0.2) is 14.9 Å². The van der Waals surface area contributed by atoms with Gasteiger partial charge in [0.05, 0.1) is 24.5 Å². The Morgan fingerprint density at radius 1 is 1.25 bits per heavy atom. The van der Waals surface area contributed by atoms with Gasteiger partial charge in [-0.05, 0) is 43.7 Å². The Hall–Kier alpha value is -2.55. The zero-order chi connectivity index (χ0) is 20.7. The Kier molecular flexibility index (Phi) is 7.86. The van der Waals surface area contributed by atoms with Gasteiger partial charge in [0, 0.05) is 11.1 Å². The van der Waals surface area contributed by atoms with E-state index < -0.39 is 11.7 Å². The van der Waals surface area contributed by atoms with E-state index in [1.165, 1.54) is 17.4 Å². The summed E-state index contributed by atoms with van der Waals surface area (Å²) in [6.07, 6.45) is 0. The number of carbonyl (C=O) groups excluding carboxylic acids is 1. The van der Waals surface area contributed by atoms with Crippen LogP contribution >= 0.6 is 11.3 Å². The largest absolute Gasteiger partial charge is 0.394 e. The number of aryl methyl sites for hydroxylation is 2. The van der Waals surface area contributed by atoms with Crippen LogP contribution in [-0.2, 0) is 4.84 Å². The summed E-state index contributed by atoms with van der Waals surface area (Å²) < 4.78 is 14.2. The quantitative estimate of drug-likeness (QED) is 0.416. The summed E-state index contributed by atoms with van der Waals surface area (Å²) >= 11 is 1.26. The van der Waals surface area contributed by atoms with Crippen molar-refractivity contribution >= 4 is 38.1 Å². The highest BCUT2D eigenvalue weighted by Crippen LogP contribution is 2.37. The van der Waals surface area contributed by atoms with Crippen molar-refractivity contribution in [2.45, 2.75) is 27.7 Å². The molecule has 3 N–H and O–H groups in total. The number of halogens is 1. The SMILES string of the molecule is CC.Cc1ccc(Nc2sc3nc(C)ccc3c2C(=O)NOCCO)c(F)c1. The van der Waals surface area contributed by atoms with Gasteiger partial charge in [0.15, 0.2) is 0 Å². The Morgan fingerprint density at radius 2 is 2.00 bits per heavy atom. The average Bonchev–Trinajstić information content (AvgIpc) is 3.02. The van der Waals surface area contributed by atoms with Crippen LogP contribution in [0.1, 0.15) is 35.5 Å². The van der Waals surface area contributed by atoms with Crippen LogP contribution in [0.4, 0.5) is 15.1 Å². The summed E-state index contributed by atoms with van der Waals surface area (Å²) in [7, 11) is 0. The van der Waals surface area contributed by atoms with Gasteiger partial charge >= 0.3 is 0 Å². The average molecular weight is 405 g/mol. The number of benzene rings is 1. The maximum absolute atomic E-state index is 14.2. The fraction of sp³-hybridized carbons (Fsp3) is 0.300. The number of aromatic nitrogens is 1. The van der Waals surface area contributed by atoms with E-state index in [9.17, 15) is 9.18 Å². The highest BCUT2D eigenvalue weighted by atomic mass is 32.1. The molecule has 0 unspecified atom stereocenters. The lowest BCUT2D eigenvalue weighted by Gasteiger charge is -2.09. The van der Waals surface area contributed by atoms with E-state index in [1.807, 2.05) is 20.8 Å². The van der Waals surface area contributed by atoms with E-state index in [0.717, 1.165) is 11.3 Å². The van der Waals surface area contributed by atoms with E-state index in [2.05, 4.69) is 15.8 Å². The number of nitrogens with zero attached hydrogens (tertiary/aromatic N) is 1. The Morgan fingerprint density at radius 3 is 2.68 bits per heavy atom. The summed E-state index contributed by atoms with van der Waals surface area (Å²) in [5, 5.41) is 12.9. The van der Waals surface area contributed by atoms with E-state index in [4.69, 9.17) is 9.94 Å². The normalized spacial score (nSPS) is 10.4. The van der Waals surface area contributed by atoms with Gasteiger partial charge in [-0.2, -0.15) is 0 Å². The summed E-state index contributed by atoms with van der Waals surface area (Å²) in [4.78, 5) is 22.6. The van der Waals surface area contributed by atoms with Crippen molar-refractivity contribution in [3.05, 3.63) is 53.0 Å². The smallest absolute Gasteiger partial charge is 0.278 e. The number of carbonyl (C=O) groups is 1. The Bertz CT molecular complexity index is 959. The summed E-state index contributed by atoms with van der Waals surface area (Å²) in [6.45, 7) is 7.41. The molecule has 0 aliphatic heterocycles. The third-order valence-electron chi connectivity index (χ3n) is 3.65. The molecule has 0 aliphatic rings. The van der Waals surface area contributed by atoms with Crippen LogP contribution in [0.5, 0.6) is 0 Å². The van der Waals surface area contributed by atoms with Gasteiger partial charge in [0.2, 0.25) is 0 Å². The molecule has 0 radical (unpaired) electrons. The molecule has 0 aliphatic carbocycles. The maximum atomic E-state index is 14.2. The first kappa shape index (κ1) is 21.7. The minimum Gasteiger partial charge on any atom is -0.394 e. The molecule has 2 heterocycles. The minimum atomic E-state index is -0.495. The second-order valence-corrected chi connectivity index (χ2v) is 6.72. The second-order valence-electron chi connectivity index (χ2n) is 5.72. The van der Waals surface area contributed by atoms with E-state index in [-0.39, 0.29) is 18.9 Å². The number of hydrogen-bond donors (Lipinski definition) is 3. The third-order valence-corrected chi connectivity index (χ3v) is 4.67. The standard InChI is InChI=1S/C18H18FN3O3S.C2H6/c1-10-3-6-14(13(19)9-10)21-18-15(16(24)22-25-8-7-23)12-5-4-11(2)20-17(12)26-18;1-2/h3-6,9,21,23H,7-8H2,1-2H3,(H,22,24);1-2H3. The minimum absolute atomic E-state index is 0.0273. The molecule has 3 rings (SSSR count). The van der Waals surface area contributed by atoms with Gasteiger partial charge in [0.1, 0.15) is 15.6 Å². The van der Waals surface area contributed by atoms with Gasteiger partial charge < -0.3 is 10.4 Å². The first-order valence-electron chi connectivity index (χ1n) is 8.96. The maximum Gasteiger partial charge on any atom is 0.278 e. The van der Waals surface area contributed by atoms with Crippen LogP contribution in [0.25, 0.3) is 10.2 Å². The summed E-state index contributed by atoms with van der Waals surface area (Å²) in [5.74, 6) is -0.903. The van der Waals surface area contributed by atoms with E-state index in [1.54, 1.807) is 31.2 Å². The zero-order valence-electron chi connectivity index (χ0n) is 16.3. The number of hydroxylamine groups is 1. The number of pyridine rings is 1. The Balaban J connectivity index is 0.00000136. The molecular formula is C20H24FN3O3S. The molecule has 3 aromatic rings. The zero-order valence-corrected chi connectivity index (χ0v) is 17.1. The first-order chi connectivity index (χ1) is 13.5. The molecule has 6 nitrogen and oxygen atoms in total. The summed E-state index contributed by atoms with van der Waals surface area (Å²) in [5.41, 5.74) is 4.49. The molecule has 8 heteroatoms. The van der Waals surface area contributed by atoms with Gasteiger partial charge in [-0.15, -0.1) is 0 Å². The highest BCUT2D eigenvalue weighted by molar-refractivity contribution is 7.23. The van der Waals surface area contributed by atoms with Crippen LogP contribution in [0, 0.1) is 19.7 Å². The third kappa shape index (κ3) is 5.03. The predicted octanol–water partition coefficient (Wildman–Crippen LogP) is 4.48. The number of amides is 1. The number of thiophene rings is 1. The molecule has 0 saturated heterocycles. The number of anilines is 2. The van der Waals surface area contributed by atoms with Crippen molar-refractivity contribution in [3.8, 4) is 0 Å². The number of rotatable bonds is 6. The second kappa shape index (κ2) is 10.1. The number of aliphatic hydroxyl groups excluding tert-OH is 1. The lowest BCUT2D eigenvalue weighted by molar-refractivity contribution is 0.0170. The summed E-state index contributed by atoms with van der Waals surface area (Å²) in [6, 6.07) is 8.42. The van der Waals surface area contributed by atoms with Crippen LogP contribution in [0.2, 0.25) is 0 Å². The van der Waals surface area contributed by atoms with Crippen LogP contribution in [0.3, 0.4) is 0 Å². The molecule has 2 aromatic heterocycles. The molecule has 0 saturated carbocycles. The van der Waals surface area contributed by atoms with Crippen LogP contribution < -0.4 is 10.8 Å². The Labute approximate surface area is 167 Å². The molecule has 0 fully saturated rings. The van der Waals surface area contributed by atoms with Gasteiger partial charge in [-0.1, -0.05) is 31.3 Å². The molecule has 0 spiro atoms. The highest BCUT2D eigenvalue weighted by Gasteiger charge is 2.21. The molecule has 1 aromatic carbocycles. The van der Waals surface area contributed by atoms with Crippen molar-refractivity contribution in [1.29, 1.82) is 0 Å². The van der Waals surface area contributed by atoms with E-state index in [0.29, 0.717) is 20.8 Å². The first-order valence-corrected chi connectivity index (χ1v) is 9.77. The molecular weight excluding hydrogens is 381 g/mol. The topological polar surface area (TPSA) is 83.5 Å². The molecule has 28 heavy (non-hydrogen) atoms. The monoisotopic (exact) mass is 405 g/mol. The fourth-order valence-corrected chi connectivity index (χ4v) is 3.57. The van der Waals surface area contributed by atoms with Crippen molar-refractivity contribution < 1.29 is 19.1 Å². The number of aliphatic hydroxyl groups is 1. The van der Waals surface area contributed by atoms with Crippen LogP contribution in [0.15, 0.2) is 30.3 Å². The number of hydrogen-bond acceptors (Lipinski definition) is 6. The number of nitrogens with one attached hydrogen (secondary N) is 2. The van der Waals surface area contributed by atoms with Crippen molar-refractivity contribution in [2.24, 2.45) is 0 Å². The lowest BCUT2D eigenvalue weighted by Crippen LogP contribution is -2.25. The molecule has 0 bridgehead atoms. The van der Waals surface area contributed by atoms with Crippen LogP contribution in [-0.4, -0.2) is 29.2 Å². The van der Waals surface area contributed by atoms with Crippen molar-refractivity contribution in [1.82, 2.24) is 10.5 Å². The van der Waals surface area contributed by atoms with Crippen molar-refractivity contribution in [3.63, 3.8) is 0 Å².